The van der Waals surface area contributed by atoms with Crippen LogP contribution < -0.4 is 5.73 Å². The molecule has 0 spiro atoms. The van der Waals surface area contributed by atoms with E-state index in [1.54, 1.807) is 0 Å². The van der Waals surface area contributed by atoms with E-state index in [1.807, 2.05) is 18.0 Å². The Morgan fingerprint density at radius 2 is 1.95 bits per heavy atom. The molecule has 122 valence electrons. The molecule has 2 aliphatic rings. The van der Waals surface area contributed by atoms with Crippen molar-refractivity contribution < 1.29 is 4.79 Å². The van der Waals surface area contributed by atoms with Crippen LogP contribution in [0.3, 0.4) is 0 Å². The number of amides is 1. The van der Waals surface area contributed by atoms with E-state index in [4.69, 9.17) is 5.73 Å². The Morgan fingerprint density at radius 1 is 1.27 bits per heavy atom. The number of hydrogen-bond acceptors (Lipinski definition) is 3. The van der Waals surface area contributed by atoms with Crippen LogP contribution in [0.15, 0.2) is 30.3 Å². The molecule has 2 N–H and O–H groups in total. The van der Waals surface area contributed by atoms with Crippen molar-refractivity contribution in [2.45, 2.75) is 24.8 Å². The van der Waals surface area contributed by atoms with Crippen LogP contribution in [0.2, 0.25) is 0 Å². The van der Waals surface area contributed by atoms with Crippen molar-refractivity contribution in [1.82, 2.24) is 9.80 Å². The van der Waals surface area contributed by atoms with Gasteiger partial charge in [-0.25, -0.2) is 0 Å². The van der Waals surface area contributed by atoms with E-state index in [-0.39, 0.29) is 18.3 Å². The topological polar surface area (TPSA) is 49.6 Å². The number of benzene rings is 1. The van der Waals surface area contributed by atoms with Gasteiger partial charge in [0.15, 0.2) is 0 Å². The Morgan fingerprint density at radius 3 is 2.55 bits per heavy atom. The first kappa shape index (κ1) is 17.3. The highest BCUT2D eigenvalue weighted by Crippen LogP contribution is 2.32. The van der Waals surface area contributed by atoms with Crippen LogP contribution >= 0.6 is 12.4 Å². The van der Waals surface area contributed by atoms with Crippen molar-refractivity contribution in [3.05, 3.63) is 35.9 Å². The van der Waals surface area contributed by atoms with Gasteiger partial charge in [0.1, 0.15) is 0 Å². The molecule has 0 unspecified atom stereocenters. The molecule has 22 heavy (non-hydrogen) atoms. The minimum atomic E-state index is 0. The Hall–Kier alpha value is -1.10. The van der Waals surface area contributed by atoms with E-state index in [9.17, 15) is 4.79 Å². The Balaban J connectivity index is 0.00000176. The average Bonchev–Trinajstić information content (AvgIpc) is 3.28. The van der Waals surface area contributed by atoms with Crippen molar-refractivity contribution in [3.63, 3.8) is 0 Å². The largest absolute Gasteiger partial charge is 0.342 e. The van der Waals surface area contributed by atoms with Crippen LogP contribution in [-0.4, -0.2) is 55.0 Å². The lowest BCUT2D eigenvalue weighted by Crippen LogP contribution is -2.38. The Labute approximate surface area is 139 Å². The van der Waals surface area contributed by atoms with Crippen LogP contribution in [0.4, 0.5) is 0 Å². The summed E-state index contributed by atoms with van der Waals surface area (Å²) in [5.74, 6) is 1.16. The van der Waals surface area contributed by atoms with Gasteiger partial charge >= 0.3 is 0 Å². The first-order valence-corrected chi connectivity index (χ1v) is 7.92. The van der Waals surface area contributed by atoms with E-state index in [0.717, 1.165) is 13.1 Å². The summed E-state index contributed by atoms with van der Waals surface area (Å²) in [6.45, 7) is 3.09. The Kier molecular flexibility index (Phi) is 5.84. The van der Waals surface area contributed by atoms with Crippen LogP contribution in [0.1, 0.15) is 24.3 Å². The molecule has 0 aromatic heterocycles. The maximum atomic E-state index is 12.3. The molecular formula is C17H26ClN3O. The number of hydrogen-bond donors (Lipinski definition) is 1. The predicted molar refractivity (Wildman–Crippen MR) is 91.2 cm³/mol. The number of carbonyl (C=O) groups excluding carboxylic acids is 1. The minimum absolute atomic E-state index is 0. The number of likely N-dealkylation sites (N-methyl/N-ethyl adjacent to an activating group) is 1. The SMILES string of the molecule is CN(C(=O)CN1C[C@@H](CN)[C@H](c2ccccc2)C1)C1CC1.Cl. The fourth-order valence-electron chi connectivity index (χ4n) is 3.37. The predicted octanol–water partition coefficient (Wildman–Crippen LogP) is 1.70. The molecule has 1 heterocycles. The zero-order valence-electron chi connectivity index (χ0n) is 13.1. The number of carbonyl (C=O) groups is 1. The van der Waals surface area contributed by atoms with E-state index < -0.39 is 0 Å². The van der Waals surface area contributed by atoms with Crippen molar-refractivity contribution in [2.75, 3.05) is 33.2 Å². The zero-order chi connectivity index (χ0) is 14.8. The molecule has 0 radical (unpaired) electrons. The lowest BCUT2D eigenvalue weighted by Gasteiger charge is -2.21. The van der Waals surface area contributed by atoms with Crippen LogP contribution in [-0.2, 0) is 4.79 Å². The summed E-state index contributed by atoms with van der Waals surface area (Å²) >= 11 is 0. The molecule has 4 nitrogen and oxygen atoms in total. The molecule has 1 saturated carbocycles. The molecule has 5 heteroatoms. The molecular weight excluding hydrogens is 298 g/mol. The summed E-state index contributed by atoms with van der Waals surface area (Å²) in [6, 6.07) is 11.1. The van der Waals surface area contributed by atoms with Gasteiger partial charge in [-0.05, 0) is 30.9 Å². The van der Waals surface area contributed by atoms with Gasteiger partial charge in [0, 0.05) is 32.1 Å². The third-order valence-corrected chi connectivity index (χ3v) is 4.89. The van der Waals surface area contributed by atoms with E-state index >= 15 is 0 Å². The minimum Gasteiger partial charge on any atom is -0.342 e. The quantitative estimate of drug-likeness (QED) is 0.897. The number of halogens is 1. The van der Waals surface area contributed by atoms with E-state index in [1.165, 1.54) is 18.4 Å². The number of likely N-dealkylation sites (tertiary alicyclic amines) is 1. The summed E-state index contributed by atoms with van der Waals surface area (Å²) in [5, 5.41) is 0. The van der Waals surface area contributed by atoms with Crippen molar-refractivity contribution in [1.29, 1.82) is 0 Å². The second-order valence-electron chi connectivity index (χ2n) is 6.44. The maximum absolute atomic E-state index is 12.3. The maximum Gasteiger partial charge on any atom is 0.236 e. The van der Waals surface area contributed by atoms with Crippen molar-refractivity contribution in [3.8, 4) is 0 Å². The van der Waals surface area contributed by atoms with Gasteiger partial charge in [0.05, 0.1) is 6.54 Å². The summed E-state index contributed by atoms with van der Waals surface area (Å²) < 4.78 is 0. The second-order valence-corrected chi connectivity index (χ2v) is 6.44. The molecule has 1 amide bonds. The second kappa shape index (κ2) is 7.44. The molecule has 1 aliphatic heterocycles. The highest BCUT2D eigenvalue weighted by molar-refractivity contribution is 5.85. The van der Waals surface area contributed by atoms with Crippen molar-refractivity contribution >= 4 is 18.3 Å². The lowest BCUT2D eigenvalue weighted by molar-refractivity contribution is -0.131. The first-order valence-electron chi connectivity index (χ1n) is 7.92. The standard InChI is InChI=1S/C17H25N3O.ClH/c1-19(15-7-8-15)17(21)12-20-10-14(9-18)16(11-20)13-5-3-2-4-6-13;/h2-6,14-16H,7-12,18H2,1H3;1H/t14-,16+;/m1./s1. The van der Waals surface area contributed by atoms with E-state index in [2.05, 4.69) is 29.2 Å². The first-order chi connectivity index (χ1) is 10.2. The molecule has 2 fully saturated rings. The Bertz CT molecular complexity index is 492. The van der Waals surface area contributed by atoms with Gasteiger partial charge in [-0.2, -0.15) is 0 Å². The smallest absolute Gasteiger partial charge is 0.236 e. The van der Waals surface area contributed by atoms with Crippen molar-refractivity contribution in [2.24, 2.45) is 11.7 Å². The highest BCUT2D eigenvalue weighted by Gasteiger charge is 2.35. The van der Waals surface area contributed by atoms with Gasteiger partial charge in [0.25, 0.3) is 0 Å². The van der Waals surface area contributed by atoms with Gasteiger partial charge in [-0.1, -0.05) is 30.3 Å². The highest BCUT2D eigenvalue weighted by atomic mass is 35.5. The van der Waals surface area contributed by atoms with Crippen LogP contribution in [0.25, 0.3) is 0 Å². The van der Waals surface area contributed by atoms with Gasteiger partial charge in [-0.3, -0.25) is 9.69 Å². The average molecular weight is 324 g/mol. The van der Waals surface area contributed by atoms with Crippen LogP contribution in [0, 0.1) is 5.92 Å². The van der Waals surface area contributed by atoms with Crippen LogP contribution in [0.5, 0.6) is 0 Å². The number of rotatable bonds is 5. The summed E-state index contributed by atoms with van der Waals surface area (Å²) in [4.78, 5) is 16.5. The molecule has 0 bridgehead atoms. The molecule has 1 aromatic rings. The summed E-state index contributed by atoms with van der Waals surface area (Å²) in [7, 11) is 1.94. The molecule has 1 aromatic carbocycles. The van der Waals surface area contributed by atoms with Gasteiger partial charge < -0.3 is 10.6 Å². The fraction of sp³-hybridized carbons (Fsp3) is 0.588. The lowest BCUT2D eigenvalue weighted by atomic mass is 9.89. The fourth-order valence-corrected chi connectivity index (χ4v) is 3.37. The van der Waals surface area contributed by atoms with Gasteiger partial charge in [0.2, 0.25) is 5.91 Å². The molecule has 1 aliphatic carbocycles. The molecule has 1 saturated heterocycles. The molecule has 2 atom stereocenters. The zero-order valence-corrected chi connectivity index (χ0v) is 14.0. The van der Waals surface area contributed by atoms with E-state index in [0.29, 0.717) is 31.0 Å². The monoisotopic (exact) mass is 323 g/mol. The summed E-state index contributed by atoms with van der Waals surface area (Å²) in [5.41, 5.74) is 7.30. The summed E-state index contributed by atoms with van der Waals surface area (Å²) in [6.07, 6.45) is 2.33. The third-order valence-electron chi connectivity index (χ3n) is 4.89. The number of nitrogens with zero attached hydrogens (tertiary/aromatic N) is 2. The third kappa shape index (κ3) is 3.80. The van der Waals surface area contributed by atoms with Gasteiger partial charge in [-0.15, -0.1) is 12.4 Å². The normalized spacial score (nSPS) is 24.8. The number of nitrogens with two attached hydrogens (primary N) is 1. The molecule has 3 rings (SSSR count).